The second-order valence-corrected chi connectivity index (χ2v) is 4.11. The Kier molecular flexibility index (Phi) is 4.64. The van der Waals surface area contributed by atoms with Gasteiger partial charge in [0.15, 0.2) is 0 Å². The van der Waals surface area contributed by atoms with Gasteiger partial charge < -0.3 is 4.79 Å². The summed E-state index contributed by atoms with van der Waals surface area (Å²) >= 11 is 0. The van der Waals surface area contributed by atoms with Gasteiger partial charge in [-0.1, -0.05) is 31.2 Å². The van der Waals surface area contributed by atoms with Crippen LogP contribution in [0.15, 0.2) is 24.3 Å². The summed E-state index contributed by atoms with van der Waals surface area (Å²) in [6, 6.07) is 0. The highest BCUT2D eigenvalue weighted by Gasteiger charge is 2.28. The number of aldehydes is 1. The zero-order valence-electron chi connectivity index (χ0n) is 9.04. The molecule has 0 aromatic heterocycles. The fourth-order valence-electron chi connectivity index (χ4n) is 1.96. The zero-order chi connectivity index (χ0) is 10.3. The Labute approximate surface area is 86.9 Å². The van der Waals surface area contributed by atoms with E-state index in [2.05, 4.69) is 31.2 Å². The molecule has 0 N–H and O–H groups in total. The average Bonchev–Trinajstić information content (AvgIpc) is 2.26. The van der Waals surface area contributed by atoms with Crippen LogP contribution in [0.4, 0.5) is 0 Å². The molecule has 0 saturated carbocycles. The van der Waals surface area contributed by atoms with Crippen LogP contribution < -0.4 is 0 Å². The lowest BCUT2D eigenvalue weighted by Gasteiger charge is -2.28. The van der Waals surface area contributed by atoms with Gasteiger partial charge >= 0.3 is 0 Å². The summed E-state index contributed by atoms with van der Waals surface area (Å²) in [6.45, 7) is 2.13. The van der Waals surface area contributed by atoms with Crippen molar-refractivity contribution in [2.45, 2.75) is 45.4 Å². The van der Waals surface area contributed by atoms with Crippen LogP contribution in [0.25, 0.3) is 0 Å². The third-order valence-corrected chi connectivity index (χ3v) is 2.96. The summed E-state index contributed by atoms with van der Waals surface area (Å²) in [5.41, 5.74) is -0.0488. The molecule has 1 aliphatic carbocycles. The first-order valence-electron chi connectivity index (χ1n) is 5.59. The van der Waals surface area contributed by atoms with Gasteiger partial charge in [-0.25, -0.2) is 0 Å². The second-order valence-electron chi connectivity index (χ2n) is 4.11. The standard InChI is InChI=1S/C13H20O/c1-2-3-4-6-9-13(12-14)10-7-5-8-11-13/h3-5,7,12H,2,6,8-11H2,1H3. The molecule has 1 aliphatic rings. The average molecular weight is 192 g/mol. The quantitative estimate of drug-likeness (QED) is 0.480. The van der Waals surface area contributed by atoms with Crippen LogP contribution in [0.5, 0.6) is 0 Å². The Morgan fingerprint density at radius 1 is 1.36 bits per heavy atom. The summed E-state index contributed by atoms with van der Waals surface area (Å²) in [5, 5.41) is 0. The molecule has 1 nitrogen and oxygen atoms in total. The van der Waals surface area contributed by atoms with Gasteiger partial charge in [0.25, 0.3) is 0 Å². The summed E-state index contributed by atoms with van der Waals surface area (Å²) in [4.78, 5) is 11.1. The molecule has 0 aliphatic heterocycles. The van der Waals surface area contributed by atoms with E-state index in [4.69, 9.17) is 0 Å². The van der Waals surface area contributed by atoms with Crippen LogP contribution in [0, 0.1) is 5.41 Å². The van der Waals surface area contributed by atoms with E-state index < -0.39 is 0 Å². The molecule has 0 radical (unpaired) electrons. The maximum atomic E-state index is 11.1. The number of allylic oxidation sites excluding steroid dienone is 4. The fourth-order valence-corrected chi connectivity index (χ4v) is 1.96. The van der Waals surface area contributed by atoms with Crippen molar-refractivity contribution in [3.63, 3.8) is 0 Å². The number of hydrogen-bond acceptors (Lipinski definition) is 1. The minimum atomic E-state index is -0.0488. The van der Waals surface area contributed by atoms with Crippen LogP contribution in [0.3, 0.4) is 0 Å². The molecule has 0 heterocycles. The van der Waals surface area contributed by atoms with Crippen molar-refractivity contribution < 1.29 is 4.79 Å². The van der Waals surface area contributed by atoms with E-state index in [1.807, 2.05) is 0 Å². The molecule has 0 bridgehead atoms. The van der Waals surface area contributed by atoms with E-state index in [0.717, 1.165) is 38.5 Å². The molecule has 0 aromatic carbocycles. The number of carbonyl (C=O) groups is 1. The minimum absolute atomic E-state index is 0.0488. The maximum absolute atomic E-state index is 11.1. The molecule has 14 heavy (non-hydrogen) atoms. The predicted octanol–water partition coefficient (Wildman–Crippen LogP) is 3.66. The topological polar surface area (TPSA) is 17.1 Å². The van der Waals surface area contributed by atoms with E-state index in [1.165, 1.54) is 6.29 Å². The van der Waals surface area contributed by atoms with Crippen molar-refractivity contribution >= 4 is 6.29 Å². The first-order chi connectivity index (χ1) is 6.83. The summed E-state index contributed by atoms with van der Waals surface area (Å²) in [5.74, 6) is 0. The molecular weight excluding hydrogens is 172 g/mol. The molecule has 0 saturated heterocycles. The fraction of sp³-hybridized carbons (Fsp3) is 0.615. The van der Waals surface area contributed by atoms with Gasteiger partial charge in [-0.05, 0) is 38.5 Å². The summed E-state index contributed by atoms with van der Waals surface area (Å²) in [6.07, 6.45) is 16.1. The normalized spacial score (nSPS) is 26.9. The predicted molar refractivity (Wildman–Crippen MR) is 60.2 cm³/mol. The molecule has 0 aromatic rings. The molecule has 0 fully saturated rings. The van der Waals surface area contributed by atoms with Crippen molar-refractivity contribution in [3.05, 3.63) is 24.3 Å². The molecule has 1 rings (SSSR count). The molecule has 1 unspecified atom stereocenters. The van der Waals surface area contributed by atoms with E-state index in [9.17, 15) is 4.79 Å². The lowest BCUT2D eigenvalue weighted by Crippen LogP contribution is -2.23. The Morgan fingerprint density at radius 3 is 2.79 bits per heavy atom. The van der Waals surface area contributed by atoms with E-state index in [-0.39, 0.29) is 5.41 Å². The monoisotopic (exact) mass is 192 g/mol. The van der Waals surface area contributed by atoms with Crippen LogP contribution in [0.2, 0.25) is 0 Å². The van der Waals surface area contributed by atoms with Crippen molar-refractivity contribution in [3.8, 4) is 0 Å². The second kappa shape index (κ2) is 5.79. The largest absolute Gasteiger partial charge is 0.303 e. The highest BCUT2D eigenvalue weighted by atomic mass is 16.1. The minimum Gasteiger partial charge on any atom is -0.303 e. The van der Waals surface area contributed by atoms with E-state index in [1.54, 1.807) is 0 Å². The Hall–Kier alpha value is -0.850. The van der Waals surface area contributed by atoms with Gasteiger partial charge in [0.1, 0.15) is 6.29 Å². The van der Waals surface area contributed by atoms with Gasteiger partial charge in [0.2, 0.25) is 0 Å². The van der Waals surface area contributed by atoms with Gasteiger partial charge in [-0.3, -0.25) is 0 Å². The van der Waals surface area contributed by atoms with Crippen LogP contribution in [0.1, 0.15) is 45.4 Å². The highest BCUT2D eigenvalue weighted by Crippen LogP contribution is 2.35. The molecule has 1 heteroatoms. The number of carbonyl (C=O) groups excluding carboxylic acids is 1. The molecular formula is C13H20O. The van der Waals surface area contributed by atoms with Crippen molar-refractivity contribution in [2.75, 3.05) is 0 Å². The Bertz CT molecular complexity index is 227. The molecule has 0 spiro atoms. The first kappa shape index (κ1) is 11.2. The molecule has 1 atom stereocenters. The van der Waals surface area contributed by atoms with Crippen LogP contribution >= 0.6 is 0 Å². The van der Waals surface area contributed by atoms with Crippen molar-refractivity contribution in [2.24, 2.45) is 5.41 Å². The maximum Gasteiger partial charge on any atom is 0.126 e. The van der Waals surface area contributed by atoms with Crippen molar-refractivity contribution in [1.29, 1.82) is 0 Å². The Balaban J connectivity index is 2.41. The molecule has 0 amide bonds. The number of rotatable bonds is 5. The summed E-state index contributed by atoms with van der Waals surface area (Å²) in [7, 11) is 0. The van der Waals surface area contributed by atoms with Gasteiger partial charge in [-0.15, -0.1) is 0 Å². The highest BCUT2D eigenvalue weighted by molar-refractivity contribution is 5.60. The van der Waals surface area contributed by atoms with Gasteiger partial charge in [0, 0.05) is 5.41 Å². The lowest BCUT2D eigenvalue weighted by molar-refractivity contribution is -0.116. The van der Waals surface area contributed by atoms with Crippen molar-refractivity contribution in [1.82, 2.24) is 0 Å². The van der Waals surface area contributed by atoms with Gasteiger partial charge in [-0.2, -0.15) is 0 Å². The first-order valence-corrected chi connectivity index (χ1v) is 5.59. The third-order valence-electron chi connectivity index (χ3n) is 2.96. The number of hydrogen-bond donors (Lipinski definition) is 0. The van der Waals surface area contributed by atoms with E-state index >= 15 is 0 Å². The summed E-state index contributed by atoms with van der Waals surface area (Å²) < 4.78 is 0. The lowest BCUT2D eigenvalue weighted by atomic mass is 9.75. The van der Waals surface area contributed by atoms with Crippen LogP contribution in [-0.2, 0) is 4.79 Å². The third kappa shape index (κ3) is 3.13. The van der Waals surface area contributed by atoms with Gasteiger partial charge in [0.05, 0.1) is 0 Å². The smallest absolute Gasteiger partial charge is 0.126 e. The Morgan fingerprint density at radius 2 is 2.21 bits per heavy atom. The van der Waals surface area contributed by atoms with Crippen LogP contribution in [-0.4, -0.2) is 6.29 Å². The van der Waals surface area contributed by atoms with E-state index in [0.29, 0.717) is 0 Å². The SMILES string of the molecule is CCC=CCCC1(C=O)CC=CCC1. The zero-order valence-corrected chi connectivity index (χ0v) is 9.04. The molecule has 78 valence electrons.